The highest BCUT2D eigenvalue weighted by molar-refractivity contribution is 5.97. The zero-order valence-electron chi connectivity index (χ0n) is 15.2. The van der Waals surface area contributed by atoms with E-state index < -0.39 is 0 Å². The van der Waals surface area contributed by atoms with E-state index >= 15 is 0 Å². The highest BCUT2D eigenvalue weighted by Crippen LogP contribution is 2.33. The van der Waals surface area contributed by atoms with E-state index in [4.69, 9.17) is 9.47 Å². The Bertz CT molecular complexity index is 880. The van der Waals surface area contributed by atoms with Crippen LogP contribution in [0, 0.1) is 12.8 Å². The maximum atomic E-state index is 12.6. The molecule has 0 aromatic heterocycles. The molecule has 0 spiro atoms. The molecule has 2 aromatic carbocycles. The van der Waals surface area contributed by atoms with Gasteiger partial charge < -0.3 is 19.7 Å². The second-order valence-corrected chi connectivity index (χ2v) is 7.01. The van der Waals surface area contributed by atoms with Gasteiger partial charge in [-0.3, -0.25) is 9.59 Å². The maximum absolute atomic E-state index is 12.6. The van der Waals surface area contributed by atoms with Crippen LogP contribution in [0.5, 0.6) is 11.5 Å². The minimum atomic E-state index is -0.351. The molecule has 1 atom stereocenters. The van der Waals surface area contributed by atoms with Crippen molar-refractivity contribution < 1.29 is 19.1 Å². The molecular weight excluding hydrogens is 344 g/mol. The lowest BCUT2D eigenvalue weighted by molar-refractivity contribution is -0.128. The third-order valence-electron chi connectivity index (χ3n) is 4.85. The van der Waals surface area contributed by atoms with Crippen molar-refractivity contribution in [2.24, 2.45) is 5.92 Å². The highest BCUT2D eigenvalue weighted by Gasteiger charge is 2.34. The number of carbonyl (C=O) groups excluding carboxylic acids is 2. The lowest BCUT2D eigenvalue weighted by Gasteiger charge is -2.19. The Morgan fingerprint density at radius 1 is 1.15 bits per heavy atom. The summed E-state index contributed by atoms with van der Waals surface area (Å²) in [7, 11) is 0. The molecule has 2 aliphatic heterocycles. The summed E-state index contributed by atoms with van der Waals surface area (Å²) in [5.41, 5.74) is 2.89. The quantitative estimate of drug-likeness (QED) is 0.904. The van der Waals surface area contributed by atoms with Crippen LogP contribution in [0.15, 0.2) is 42.5 Å². The van der Waals surface area contributed by atoms with Crippen LogP contribution in [0.25, 0.3) is 0 Å². The molecule has 1 saturated heterocycles. The molecule has 0 aliphatic carbocycles. The van der Waals surface area contributed by atoms with Gasteiger partial charge in [-0.1, -0.05) is 29.8 Å². The summed E-state index contributed by atoms with van der Waals surface area (Å²) in [6.07, 6.45) is 0.238. The van der Waals surface area contributed by atoms with E-state index in [2.05, 4.69) is 11.4 Å². The van der Waals surface area contributed by atoms with Gasteiger partial charge in [-0.15, -0.1) is 0 Å². The lowest BCUT2D eigenvalue weighted by Crippen LogP contribution is -2.28. The summed E-state index contributed by atoms with van der Waals surface area (Å²) in [6, 6.07) is 13.4. The number of nitrogens with zero attached hydrogens (tertiary/aromatic N) is 1. The SMILES string of the molecule is Cc1cccc(CN2CC(C(=O)Nc3ccc4c(c3)OCCO4)CC2=O)c1. The van der Waals surface area contributed by atoms with E-state index in [1.165, 1.54) is 0 Å². The van der Waals surface area contributed by atoms with Gasteiger partial charge in [0.15, 0.2) is 11.5 Å². The number of ether oxygens (including phenoxy) is 2. The van der Waals surface area contributed by atoms with Gasteiger partial charge >= 0.3 is 0 Å². The number of likely N-dealkylation sites (tertiary alicyclic amines) is 1. The smallest absolute Gasteiger partial charge is 0.229 e. The Balaban J connectivity index is 1.39. The van der Waals surface area contributed by atoms with Gasteiger partial charge in [-0.2, -0.15) is 0 Å². The Kier molecular flexibility index (Phi) is 4.71. The molecule has 1 N–H and O–H groups in total. The molecule has 2 heterocycles. The van der Waals surface area contributed by atoms with Gasteiger partial charge in [0.2, 0.25) is 11.8 Å². The summed E-state index contributed by atoms with van der Waals surface area (Å²) in [6.45, 7) is 4.02. The fraction of sp³-hybridized carbons (Fsp3) is 0.333. The van der Waals surface area contributed by atoms with E-state index in [-0.39, 0.29) is 24.2 Å². The van der Waals surface area contributed by atoms with Crippen molar-refractivity contribution >= 4 is 17.5 Å². The number of aryl methyl sites for hydroxylation is 1. The normalized spacial score (nSPS) is 18.5. The summed E-state index contributed by atoms with van der Waals surface area (Å²) >= 11 is 0. The van der Waals surface area contributed by atoms with Crippen LogP contribution in [0.3, 0.4) is 0 Å². The largest absolute Gasteiger partial charge is 0.486 e. The molecule has 6 heteroatoms. The number of rotatable bonds is 4. The Morgan fingerprint density at radius 3 is 2.78 bits per heavy atom. The molecule has 1 unspecified atom stereocenters. The van der Waals surface area contributed by atoms with Crippen LogP contribution in [0.1, 0.15) is 17.5 Å². The average Bonchev–Trinajstić information content (AvgIpc) is 3.02. The van der Waals surface area contributed by atoms with E-state index in [0.29, 0.717) is 43.5 Å². The molecular formula is C21H22N2O4. The first-order valence-corrected chi connectivity index (χ1v) is 9.12. The fourth-order valence-electron chi connectivity index (χ4n) is 3.50. The molecule has 27 heavy (non-hydrogen) atoms. The minimum absolute atomic E-state index is 0.0128. The Labute approximate surface area is 158 Å². The van der Waals surface area contributed by atoms with Gasteiger partial charge in [0.1, 0.15) is 13.2 Å². The summed E-state index contributed by atoms with van der Waals surface area (Å²) < 4.78 is 11.0. The van der Waals surface area contributed by atoms with Crippen molar-refractivity contribution in [3.63, 3.8) is 0 Å². The molecule has 2 aromatic rings. The van der Waals surface area contributed by atoms with Gasteiger partial charge in [-0.05, 0) is 24.6 Å². The van der Waals surface area contributed by atoms with Crippen LogP contribution < -0.4 is 14.8 Å². The predicted molar refractivity (Wildman–Crippen MR) is 101 cm³/mol. The fourth-order valence-corrected chi connectivity index (χ4v) is 3.50. The predicted octanol–water partition coefficient (Wildman–Crippen LogP) is 2.75. The zero-order valence-corrected chi connectivity index (χ0v) is 15.2. The monoisotopic (exact) mass is 366 g/mol. The third kappa shape index (κ3) is 3.89. The first-order valence-electron chi connectivity index (χ1n) is 9.12. The standard InChI is InChI=1S/C21H22N2O4/c1-14-3-2-4-15(9-14)12-23-13-16(10-20(23)24)21(25)22-17-5-6-18-19(11-17)27-8-7-26-18/h2-6,9,11,16H,7-8,10,12-13H2,1H3,(H,22,25). The van der Waals surface area contributed by atoms with Crippen LogP contribution in [-0.2, 0) is 16.1 Å². The molecule has 0 radical (unpaired) electrons. The molecule has 2 amide bonds. The first-order chi connectivity index (χ1) is 13.1. The highest BCUT2D eigenvalue weighted by atomic mass is 16.6. The van der Waals surface area contributed by atoms with E-state index in [0.717, 1.165) is 11.1 Å². The number of hydrogen-bond acceptors (Lipinski definition) is 4. The summed E-state index contributed by atoms with van der Waals surface area (Å²) in [5.74, 6) is 0.823. The zero-order chi connectivity index (χ0) is 18.8. The van der Waals surface area contributed by atoms with Gasteiger partial charge in [-0.25, -0.2) is 0 Å². The number of benzene rings is 2. The molecule has 140 valence electrons. The number of amides is 2. The van der Waals surface area contributed by atoms with Gasteiger partial charge in [0, 0.05) is 31.3 Å². The number of carbonyl (C=O) groups is 2. The second kappa shape index (κ2) is 7.31. The number of nitrogens with one attached hydrogen (secondary N) is 1. The van der Waals surface area contributed by atoms with Crippen molar-refractivity contribution in [2.75, 3.05) is 25.1 Å². The number of hydrogen-bond donors (Lipinski definition) is 1. The molecule has 0 saturated carbocycles. The van der Waals surface area contributed by atoms with E-state index in [1.54, 1.807) is 23.1 Å². The number of anilines is 1. The van der Waals surface area contributed by atoms with Crippen LogP contribution in [0.2, 0.25) is 0 Å². The van der Waals surface area contributed by atoms with Crippen LogP contribution >= 0.6 is 0 Å². The number of fused-ring (bicyclic) bond motifs is 1. The minimum Gasteiger partial charge on any atom is -0.486 e. The second-order valence-electron chi connectivity index (χ2n) is 7.01. The summed E-state index contributed by atoms with van der Waals surface area (Å²) in [4.78, 5) is 26.7. The molecule has 4 rings (SSSR count). The van der Waals surface area contributed by atoms with Crippen LogP contribution in [0.4, 0.5) is 5.69 Å². The van der Waals surface area contributed by atoms with Gasteiger partial charge in [0.25, 0.3) is 0 Å². The Morgan fingerprint density at radius 2 is 1.96 bits per heavy atom. The van der Waals surface area contributed by atoms with Crippen LogP contribution in [-0.4, -0.2) is 36.5 Å². The maximum Gasteiger partial charge on any atom is 0.229 e. The van der Waals surface area contributed by atoms with E-state index in [1.807, 2.05) is 25.1 Å². The van der Waals surface area contributed by atoms with Crippen molar-refractivity contribution in [1.29, 1.82) is 0 Å². The summed E-state index contributed by atoms with van der Waals surface area (Å²) in [5, 5.41) is 2.89. The van der Waals surface area contributed by atoms with Crippen molar-refractivity contribution in [1.82, 2.24) is 4.90 Å². The van der Waals surface area contributed by atoms with Crippen molar-refractivity contribution in [3.05, 3.63) is 53.6 Å². The van der Waals surface area contributed by atoms with Crippen molar-refractivity contribution in [2.45, 2.75) is 19.9 Å². The molecule has 6 nitrogen and oxygen atoms in total. The average molecular weight is 366 g/mol. The molecule has 0 bridgehead atoms. The lowest BCUT2D eigenvalue weighted by atomic mass is 10.1. The van der Waals surface area contributed by atoms with E-state index in [9.17, 15) is 9.59 Å². The van der Waals surface area contributed by atoms with Gasteiger partial charge in [0.05, 0.1) is 5.92 Å². The Hall–Kier alpha value is -3.02. The first kappa shape index (κ1) is 17.4. The molecule has 1 fully saturated rings. The molecule has 2 aliphatic rings. The topological polar surface area (TPSA) is 67.9 Å². The third-order valence-corrected chi connectivity index (χ3v) is 4.85. The van der Waals surface area contributed by atoms with Crippen molar-refractivity contribution in [3.8, 4) is 11.5 Å².